The zero-order valence-corrected chi connectivity index (χ0v) is 25.4. The van der Waals surface area contributed by atoms with E-state index in [-0.39, 0.29) is 5.41 Å². The van der Waals surface area contributed by atoms with Crippen molar-refractivity contribution in [2.75, 3.05) is 0 Å². The highest BCUT2D eigenvalue weighted by molar-refractivity contribution is 5.84. The number of hydrogen-bond donors (Lipinski definition) is 0. The molecule has 6 aromatic carbocycles. The third kappa shape index (κ3) is 4.85. The number of aromatic nitrogens is 2. The monoisotopic (exact) mass is 576 g/mol. The van der Waals surface area contributed by atoms with Crippen LogP contribution < -0.4 is 0 Å². The van der Waals surface area contributed by atoms with Gasteiger partial charge in [0.15, 0.2) is 5.82 Å². The molecule has 7 aromatic rings. The molecule has 0 atom stereocenters. The van der Waals surface area contributed by atoms with Crippen molar-refractivity contribution in [2.45, 2.75) is 19.3 Å². The van der Waals surface area contributed by atoms with Crippen molar-refractivity contribution in [2.24, 2.45) is 0 Å². The molecule has 1 aliphatic carbocycles. The highest BCUT2D eigenvalue weighted by atomic mass is 14.9. The Morgan fingerprint density at radius 1 is 0.356 bits per heavy atom. The highest BCUT2D eigenvalue weighted by Gasteiger charge is 2.35. The van der Waals surface area contributed by atoms with Gasteiger partial charge in [-0.3, -0.25) is 0 Å². The van der Waals surface area contributed by atoms with Gasteiger partial charge in [0.2, 0.25) is 0 Å². The average molecular weight is 577 g/mol. The van der Waals surface area contributed by atoms with Crippen molar-refractivity contribution >= 4 is 0 Å². The van der Waals surface area contributed by atoms with Crippen LogP contribution in [0.4, 0.5) is 0 Å². The smallest absolute Gasteiger partial charge is 0.160 e. The predicted molar refractivity (Wildman–Crippen MR) is 187 cm³/mol. The molecular formula is C43H32N2. The van der Waals surface area contributed by atoms with E-state index in [4.69, 9.17) is 9.97 Å². The van der Waals surface area contributed by atoms with Gasteiger partial charge in [0, 0.05) is 22.1 Å². The standard InChI is InChI=1S/C43H32N2/c1-43(2)38-16-10-9-15-36(38)37-26-25-35(27-39(37)43)31-19-17-29(18-20-31)30-21-23-34(24-22-30)42-44-40(32-11-5-3-6-12-32)28-41(45-42)33-13-7-4-8-14-33/h3-28H,1-2H3. The van der Waals surface area contributed by atoms with Crippen molar-refractivity contribution in [1.29, 1.82) is 0 Å². The molecule has 0 aliphatic heterocycles. The Morgan fingerprint density at radius 3 is 1.38 bits per heavy atom. The maximum absolute atomic E-state index is 4.98. The topological polar surface area (TPSA) is 25.8 Å². The summed E-state index contributed by atoms with van der Waals surface area (Å²) in [5.74, 6) is 0.721. The van der Waals surface area contributed by atoms with Crippen LogP contribution in [0.1, 0.15) is 25.0 Å². The number of nitrogens with zero attached hydrogens (tertiary/aromatic N) is 2. The minimum Gasteiger partial charge on any atom is -0.228 e. The largest absolute Gasteiger partial charge is 0.228 e. The summed E-state index contributed by atoms with van der Waals surface area (Å²) in [6.07, 6.45) is 0. The normalized spacial score (nSPS) is 12.8. The Balaban J connectivity index is 1.09. The number of fused-ring (bicyclic) bond motifs is 3. The van der Waals surface area contributed by atoms with Gasteiger partial charge in [0.1, 0.15) is 0 Å². The first kappa shape index (κ1) is 27.0. The summed E-state index contributed by atoms with van der Waals surface area (Å²) < 4.78 is 0. The van der Waals surface area contributed by atoms with Crippen molar-refractivity contribution in [3.63, 3.8) is 0 Å². The molecule has 2 nitrogen and oxygen atoms in total. The van der Waals surface area contributed by atoms with Crippen LogP contribution in [0.15, 0.2) is 158 Å². The maximum Gasteiger partial charge on any atom is 0.160 e. The summed E-state index contributed by atoms with van der Waals surface area (Å²) in [4.78, 5) is 9.97. The molecule has 1 aliphatic rings. The van der Waals surface area contributed by atoms with Crippen LogP contribution in [0.5, 0.6) is 0 Å². The zero-order chi connectivity index (χ0) is 30.4. The molecule has 214 valence electrons. The maximum atomic E-state index is 4.98. The lowest BCUT2D eigenvalue weighted by Crippen LogP contribution is -2.14. The fourth-order valence-electron chi connectivity index (χ4n) is 6.64. The van der Waals surface area contributed by atoms with Crippen molar-refractivity contribution in [3.8, 4) is 67.3 Å². The molecule has 45 heavy (non-hydrogen) atoms. The summed E-state index contributed by atoms with van der Waals surface area (Å²) in [6, 6.07) is 55.9. The minimum atomic E-state index is -0.00416. The second-order valence-electron chi connectivity index (χ2n) is 12.3. The van der Waals surface area contributed by atoms with Gasteiger partial charge in [-0.1, -0.05) is 159 Å². The van der Waals surface area contributed by atoms with Crippen molar-refractivity contribution in [3.05, 3.63) is 169 Å². The molecule has 0 N–H and O–H groups in total. The van der Waals surface area contributed by atoms with Crippen molar-refractivity contribution in [1.82, 2.24) is 9.97 Å². The van der Waals surface area contributed by atoms with E-state index in [1.807, 2.05) is 36.4 Å². The molecule has 2 heteroatoms. The van der Waals surface area contributed by atoms with E-state index >= 15 is 0 Å². The van der Waals surface area contributed by atoms with Crippen LogP contribution in [0, 0.1) is 0 Å². The first-order valence-electron chi connectivity index (χ1n) is 15.5. The molecule has 0 bridgehead atoms. The fourth-order valence-corrected chi connectivity index (χ4v) is 6.64. The Labute approximate surface area is 264 Å². The van der Waals surface area contributed by atoms with Gasteiger partial charge in [-0.15, -0.1) is 0 Å². The SMILES string of the molecule is CC1(C)c2ccccc2-c2ccc(-c3ccc(-c4ccc(-c5nc(-c6ccccc6)cc(-c6ccccc6)n5)cc4)cc3)cc21. The second-order valence-corrected chi connectivity index (χ2v) is 12.3. The third-order valence-corrected chi connectivity index (χ3v) is 9.14. The molecule has 0 saturated carbocycles. The molecule has 0 amide bonds. The number of hydrogen-bond acceptors (Lipinski definition) is 2. The van der Waals surface area contributed by atoms with E-state index in [0.29, 0.717) is 0 Å². The molecule has 0 saturated heterocycles. The van der Waals surface area contributed by atoms with Crippen LogP contribution in [0.2, 0.25) is 0 Å². The third-order valence-electron chi connectivity index (χ3n) is 9.14. The van der Waals surface area contributed by atoms with E-state index in [9.17, 15) is 0 Å². The van der Waals surface area contributed by atoms with Gasteiger partial charge < -0.3 is 0 Å². The predicted octanol–water partition coefficient (Wildman–Crippen LogP) is 11.1. The highest BCUT2D eigenvalue weighted by Crippen LogP contribution is 2.49. The van der Waals surface area contributed by atoms with Gasteiger partial charge in [0.25, 0.3) is 0 Å². The van der Waals surface area contributed by atoms with Crippen LogP contribution in [0.3, 0.4) is 0 Å². The number of benzene rings is 6. The first-order valence-corrected chi connectivity index (χ1v) is 15.5. The fraction of sp³-hybridized carbons (Fsp3) is 0.0698. The molecule has 0 radical (unpaired) electrons. The first-order chi connectivity index (χ1) is 22.0. The lowest BCUT2D eigenvalue weighted by atomic mass is 9.81. The minimum absolute atomic E-state index is 0.00416. The molecule has 0 unspecified atom stereocenters. The van der Waals surface area contributed by atoms with Gasteiger partial charge >= 0.3 is 0 Å². The molecule has 0 fully saturated rings. The zero-order valence-electron chi connectivity index (χ0n) is 25.4. The molecular weight excluding hydrogens is 544 g/mol. The Morgan fingerprint density at radius 2 is 0.800 bits per heavy atom. The summed E-state index contributed by atoms with van der Waals surface area (Å²) in [6.45, 7) is 4.67. The van der Waals surface area contributed by atoms with Gasteiger partial charge in [-0.25, -0.2) is 9.97 Å². The van der Waals surface area contributed by atoms with E-state index in [2.05, 4.69) is 135 Å². The average Bonchev–Trinajstić information content (AvgIpc) is 3.34. The summed E-state index contributed by atoms with van der Waals surface area (Å²) in [5.41, 5.74) is 15.3. The van der Waals surface area contributed by atoms with Crippen molar-refractivity contribution < 1.29 is 0 Å². The molecule has 0 spiro atoms. The second kappa shape index (κ2) is 10.8. The van der Waals surface area contributed by atoms with Crippen LogP contribution in [0.25, 0.3) is 67.3 Å². The summed E-state index contributed by atoms with van der Waals surface area (Å²) in [7, 11) is 0. The summed E-state index contributed by atoms with van der Waals surface area (Å²) in [5, 5.41) is 0. The van der Waals surface area contributed by atoms with Gasteiger partial charge in [-0.05, 0) is 56.6 Å². The van der Waals surface area contributed by atoms with Crippen LogP contribution >= 0.6 is 0 Å². The van der Waals surface area contributed by atoms with E-state index in [1.165, 1.54) is 44.5 Å². The Kier molecular flexibility index (Phi) is 6.50. The lowest BCUT2D eigenvalue weighted by Gasteiger charge is -2.22. The van der Waals surface area contributed by atoms with E-state index in [1.54, 1.807) is 0 Å². The molecule has 1 aromatic heterocycles. The van der Waals surface area contributed by atoms with E-state index < -0.39 is 0 Å². The molecule has 8 rings (SSSR count). The van der Waals surface area contributed by atoms with E-state index in [0.717, 1.165) is 33.9 Å². The summed E-state index contributed by atoms with van der Waals surface area (Å²) >= 11 is 0. The van der Waals surface area contributed by atoms with Crippen LogP contribution in [-0.4, -0.2) is 9.97 Å². The van der Waals surface area contributed by atoms with Gasteiger partial charge in [-0.2, -0.15) is 0 Å². The quantitative estimate of drug-likeness (QED) is 0.204. The molecule has 1 heterocycles. The van der Waals surface area contributed by atoms with Gasteiger partial charge in [0.05, 0.1) is 11.4 Å². The number of rotatable bonds is 5. The van der Waals surface area contributed by atoms with Crippen LogP contribution in [-0.2, 0) is 5.41 Å². The lowest BCUT2D eigenvalue weighted by molar-refractivity contribution is 0.660. The Hall–Kier alpha value is -5.60. The Bertz CT molecular complexity index is 2090.